The van der Waals surface area contributed by atoms with Crippen LogP contribution in [0.15, 0.2) is 42.5 Å². The molecule has 1 atom stereocenters. The first-order valence-electron chi connectivity index (χ1n) is 5.39. The van der Waals surface area contributed by atoms with Crippen molar-refractivity contribution < 1.29 is 4.79 Å². The van der Waals surface area contributed by atoms with E-state index in [1.807, 2.05) is 44.2 Å². The van der Waals surface area contributed by atoms with Crippen molar-refractivity contribution >= 4 is 5.78 Å². The van der Waals surface area contributed by atoms with Crippen molar-refractivity contribution in [3.8, 4) is 0 Å². The third kappa shape index (κ3) is 3.35. The molecule has 0 N–H and O–H groups in total. The van der Waals surface area contributed by atoms with Crippen molar-refractivity contribution in [1.82, 2.24) is 0 Å². The van der Waals surface area contributed by atoms with Crippen molar-refractivity contribution in [2.24, 2.45) is 0 Å². The maximum Gasteiger partial charge on any atom is 0.144 e. The van der Waals surface area contributed by atoms with Crippen LogP contribution in [-0.2, 0) is 4.79 Å². The van der Waals surface area contributed by atoms with E-state index in [1.54, 1.807) is 0 Å². The van der Waals surface area contributed by atoms with Crippen LogP contribution in [-0.4, -0.2) is 5.78 Å². The molecule has 0 aromatic heterocycles. The molecule has 1 unspecified atom stereocenters. The van der Waals surface area contributed by atoms with Gasteiger partial charge >= 0.3 is 0 Å². The molecule has 0 aliphatic rings. The second-order valence-electron chi connectivity index (χ2n) is 3.88. The van der Waals surface area contributed by atoms with Crippen LogP contribution in [0.4, 0.5) is 0 Å². The predicted octanol–water partition coefficient (Wildman–Crippen LogP) is 3.72. The molecule has 0 aliphatic carbocycles. The predicted molar refractivity (Wildman–Crippen MR) is 63.9 cm³/mol. The molecular formula is C14H18O. The Balaban J connectivity index is 2.65. The van der Waals surface area contributed by atoms with Crippen LogP contribution in [0.1, 0.15) is 38.2 Å². The van der Waals surface area contributed by atoms with Gasteiger partial charge in [-0.05, 0) is 12.0 Å². The Morgan fingerprint density at radius 3 is 2.47 bits per heavy atom. The van der Waals surface area contributed by atoms with Crippen molar-refractivity contribution in [3.05, 3.63) is 48.0 Å². The maximum absolute atomic E-state index is 11.9. The Bertz CT molecular complexity index is 338. The van der Waals surface area contributed by atoms with E-state index in [1.165, 1.54) is 0 Å². The van der Waals surface area contributed by atoms with Crippen molar-refractivity contribution in [2.75, 3.05) is 0 Å². The van der Waals surface area contributed by atoms with Crippen LogP contribution in [0.3, 0.4) is 0 Å². The van der Waals surface area contributed by atoms with Gasteiger partial charge in [0, 0.05) is 12.3 Å². The summed E-state index contributed by atoms with van der Waals surface area (Å²) in [5.74, 6) is 0.238. The molecule has 1 aromatic carbocycles. The van der Waals surface area contributed by atoms with E-state index >= 15 is 0 Å². The standard InChI is InChI=1S/C14H18O/c1-4-11(2)10-14(15)12(3)13-8-6-5-7-9-13/h5-9,12H,2,4,10H2,1,3H3. The van der Waals surface area contributed by atoms with E-state index in [-0.39, 0.29) is 11.7 Å². The van der Waals surface area contributed by atoms with Crippen LogP contribution < -0.4 is 0 Å². The van der Waals surface area contributed by atoms with E-state index in [0.29, 0.717) is 6.42 Å². The van der Waals surface area contributed by atoms with Gasteiger partial charge in [-0.1, -0.05) is 56.3 Å². The zero-order valence-corrected chi connectivity index (χ0v) is 9.49. The molecule has 1 aromatic rings. The van der Waals surface area contributed by atoms with Crippen LogP contribution in [0.2, 0.25) is 0 Å². The van der Waals surface area contributed by atoms with Gasteiger partial charge < -0.3 is 0 Å². The zero-order chi connectivity index (χ0) is 11.3. The van der Waals surface area contributed by atoms with Gasteiger partial charge in [-0.3, -0.25) is 4.79 Å². The molecule has 0 bridgehead atoms. The fraction of sp³-hybridized carbons (Fsp3) is 0.357. The molecule has 0 amide bonds. The lowest BCUT2D eigenvalue weighted by Gasteiger charge is -2.11. The van der Waals surface area contributed by atoms with Crippen molar-refractivity contribution in [3.63, 3.8) is 0 Å². The van der Waals surface area contributed by atoms with Gasteiger partial charge in [-0.2, -0.15) is 0 Å². The number of allylic oxidation sites excluding steroid dienone is 1. The lowest BCUT2D eigenvalue weighted by Crippen LogP contribution is -2.09. The summed E-state index contributed by atoms with van der Waals surface area (Å²) >= 11 is 0. The molecule has 15 heavy (non-hydrogen) atoms. The number of carbonyl (C=O) groups is 1. The summed E-state index contributed by atoms with van der Waals surface area (Å²) in [7, 11) is 0. The average Bonchev–Trinajstić information content (AvgIpc) is 2.29. The largest absolute Gasteiger partial charge is 0.299 e. The fourth-order valence-electron chi connectivity index (χ4n) is 1.45. The van der Waals surface area contributed by atoms with Gasteiger partial charge in [0.05, 0.1) is 0 Å². The summed E-state index contributed by atoms with van der Waals surface area (Å²) in [6.45, 7) is 7.86. The second kappa shape index (κ2) is 5.50. The monoisotopic (exact) mass is 202 g/mol. The minimum atomic E-state index is -0.0190. The number of rotatable bonds is 5. The number of hydrogen-bond donors (Lipinski definition) is 0. The van der Waals surface area contributed by atoms with E-state index in [2.05, 4.69) is 6.58 Å². The van der Waals surface area contributed by atoms with E-state index in [0.717, 1.165) is 17.6 Å². The zero-order valence-electron chi connectivity index (χ0n) is 9.49. The summed E-state index contributed by atoms with van der Waals surface area (Å²) in [5.41, 5.74) is 2.11. The first-order chi connectivity index (χ1) is 7.15. The molecule has 1 nitrogen and oxygen atoms in total. The first-order valence-corrected chi connectivity index (χ1v) is 5.39. The summed E-state index contributed by atoms with van der Waals surface area (Å²) in [6.07, 6.45) is 1.39. The van der Waals surface area contributed by atoms with E-state index in [9.17, 15) is 4.79 Å². The molecule has 0 saturated heterocycles. The molecule has 0 heterocycles. The Morgan fingerprint density at radius 1 is 1.33 bits per heavy atom. The normalized spacial score (nSPS) is 12.1. The van der Waals surface area contributed by atoms with Gasteiger partial charge in [0.2, 0.25) is 0 Å². The van der Waals surface area contributed by atoms with Gasteiger partial charge in [0.1, 0.15) is 5.78 Å². The third-order valence-corrected chi connectivity index (χ3v) is 2.71. The highest BCUT2D eigenvalue weighted by molar-refractivity contribution is 5.87. The number of Topliss-reactive ketones (excluding diaryl/α,β-unsaturated/α-hetero) is 1. The number of carbonyl (C=O) groups excluding carboxylic acids is 1. The minimum Gasteiger partial charge on any atom is -0.299 e. The Morgan fingerprint density at radius 2 is 1.93 bits per heavy atom. The Labute approximate surface area is 91.8 Å². The molecule has 0 saturated carbocycles. The Hall–Kier alpha value is -1.37. The lowest BCUT2D eigenvalue weighted by molar-refractivity contribution is -0.119. The minimum absolute atomic E-state index is 0.0190. The van der Waals surface area contributed by atoms with Crippen molar-refractivity contribution in [2.45, 2.75) is 32.6 Å². The first kappa shape index (κ1) is 11.7. The van der Waals surface area contributed by atoms with Gasteiger partial charge in [0.15, 0.2) is 0 Å². The summed E-state index contributed by atoms with van der Waals surface area (Å²) in [5, 5.41) is 0. The average molecular weight is 202 g/mol. The van der Waals surface area contributed by atoms with Crippen LogP contribution in [0, 0.1) is 0 Å². The molecular weight excluding hydrogens is 184 g/mol. The molecule has 0 fully saturated rings. The fourth-order valence-corrected chi connectivity index (χ4v) is 1.45. The molecule has 1 heteroatoms. The molecule has 0 aliphatic heterocycles. The summed E-state index contributed by atoms with van der Waals surface area (Å²) < 4.78 is 0. The van der Waals surface area contributed by atoms with Gasteiger partial charge in [0.25, 0.3) is 0 Å². The van der Waals surface area contributed by atoms with Gasteiger partial charge in [-0.25, -0.2) is 0 Å². The highest BCUT2D eigenvalue weighted by atomic mass is 16.1. The highest BCUT2D eigenvalue weighted by Crippen LogP contribution is 2.19. The van der Waals surface area contributed by atoms with Crippen LogP contribution in [0.5, 0.6) is 0 Å². The topological polar surface area (TPSA) is 17.1 Å². The van der Waals surface area contributed by atoms with Crippen LogP contribution >= 0.6 is 0 Å². The maximum atomic E-state index is 11.9. The lowest BCUT2D eigenvalue weighted by atomic mass is 9.92. The molecule has 80 valence electrons. The van der Waals surface area contributed by atoms with Crippen molar-refractivity contribution in [1.29, 1.82) is 0 Å². The number of ketones is 1. The molecule has 0 spiro atoms. The van der Waals surface area contributed by atoms with E-state index in [4.69, 9.17) is 0 Å². The van der Waals surface area contributed by atoms with Gasteiger partial charge in [-0.15, -0.1) is 0 Å². The number of hydrogen-bond acceptors (Lipinski definition) is 1. The summed E-state index contributed by atoms with van der Waals surface area (Å²) in [4.78, 5) is 11.9. The Kier molecular flexibility index (Phi) is 4.29. The van der Waals surface area contributed by atoms with Crippen LogP contribution in [0.25, 0.3) is 0 Å². The number of benzene rings is 1. The molecule has 0 radical (unpaired) electrons. The quantitative estimate of drug-likeness (QED) is 0.665. The smallest absolute Gasteiger partial charge is 0.144 e. The van der Waals surface area contributed by atoms with E-state index < -0.39 is 0 Å². The third-order valence-electron chi connectivity index (χ3n) is 2.71. The summed E-state index contributed by atoms with van der Waals surface area (Å²) in [6, 6.07) is 9.89. The second-order valence-corrected chi connectivity index (χ2v) is 3.88. The SMILES string of the molecule is C=C(CC)CC(=O)C(C)c1ccccc1. The highest BCUT2D eigenvalue weighted by Gasteiger charge is 2.14. The molecule has 1 rings (SSSR count).